The Kier molecular flexibility index (Phi) is 9.25. The molecule has 0 aliphatic carbocycles. The third-order valence-corrected chi connectivity index (χ3v) is 8.73. The Balaban J connectivity index is 1.38. The lowest BCUT2D eigenvalue weighted by atomic mass is 10.0. The summed E-state index contributed by atoms with van der Waals surface area (Å²) in [5.74, 6) is 0.238. The summed E-state index contributed by atoms with van der Waals surface area (Å²) in [7, 11) is 0. The van der Waals surface area contributed by atoms with E-state index >= 15 is 0 Å². The minimum absolute atomic E-state index is 0.119. The molecule has 7 rings (SSSR count). The van der Waals surface area contributed by atoms with E-state index in [1.165, 1.54) is 0 Å². The molecule has 6 heteroatoms. The molecule has 6 aromatic carbocycles. The predicted molar refractivity (Wildman–Crippen MR) is 206 cm³/mol. The standard InChI is InChI=1S/C44H36N4O2/c1-29-19-35-25-45-39-15-7-3-11-31(39)23-33-13-5-9-17-41(33)47-27-37-21-30(2)22-38(44(37)50)28-48-42-18-10-6-14-34(42)24-32-12-4-8-16-40(32)46-26-36(20-29)43(35)49/h3-22,25-28,49-50H,23-24H2,1-2H3. The summed E-state index contributed by atoms with van der Waals surface area (Å²) >= 11 is 0. The lowest BCUT2D eigenvalue weighted by Crippen LogP contribution is -1.95. The van der Waals surface area contributed by atoms with Crippen molar-refractivity contribution in [1.82, 2.24) is 0 Å². The van der Waals surface area contributed by atoms with Gasteiger partial charge in [0, 0.05) is 60.0 Å². The summed E-state index contributed by atoms with van der Waals surface area (Å²) in [6.45, 7) is 3.99. The van der Waals surface area contributed by atoms with Gasteiger partial charge in [-0.2, -0.15) is 0 Å². The molecule has 4 bridgehead atoms. The highest BCUT2D eigenvalue weighted by molar-refractivity contribution is 5.95. The van der Waals surface area contributed by atoms with Crippen molar-refractivity contribution in [1.29, 1.82) is 0 Å². The van der Waals surface area contributed by atoms with Crippen molar-refractivity contribution < 1.29 is 10.2 Å². The molecule has 0 saturated carbocycles. The molecule has 0 spiro atoms. The van der Waals surface area contributed by atoms with Crippen molar-refractivity contribution in [2.75, 3.05) is 0 Å². The zero-order chi connectivity index (χ0) is 34.5. The number of aromatic hydroxyl groups is 2. The molecule has 0 radical (unpaired) electrons. The number of hydrogen-bond acceptors (Lipinski definition) is 6. The summed E-state index contributed by atoms with van der Waals surface area (Å²) in [6, 6.07) is 39.6. The Morgan fingerprint density at radius 2 is 0.620 bits per heavy atom. The smallest absolute Gasteiger partial charge is 0.133 e. The summed E-state index contributed by atoms with van der Waals surface area (Å²) < 4.78 is 0. The van der Waals surface area contributed by atoms with Gasteiger partial charge in [-0.25, -0.2) is 0 Å². The van der Waals surface area contributed by atoms with Crippen molar-refractivity contribution in [3.05, 3.63) is 177 Å². The average Bonchev–Trinajstić information content (AvgIpc) is 3.12. The highest BCUT2D eigenvalue weighted by Gasteiger charge is 2.12. The van der Waals surface area contributed by atoms with Gasteiger partial charge in [-0.15, -0.1) is 0 Å². The molecule has 0 amide bonds. The molecule has 0 unspecified atom stereocenters. The van der Waals surface area contributed by atoms with E-state index in [0.29, 0.717) is 35.1 Å². The number of aryl methyl sites for hydroxylation is 2. The quantitative estimate of drug-likeness (QED) is 0.171. The molecule has 1 aliphatic rings. The van der Waals surface area contributed by atoms with Gasteiger partial charge in [0.1, 0.15) is 11.5 Å². The molecule has 0 atom stereocenters. The van der Waals surface area contributed by atoms with Crippen molar-refractivity contribution in [3.8, 4) is 11.5 Å². The largest absolute Gasteiger partial charge is 0.507 e. The molecule has 1 heterocycles. The van der Waals surface area contributed by atoms with E-state index in [4.69, 9.17) is 20.0 Å². The maximum absolute atomic E-state index is 11.4. The number of hydrogen-bond donors (Lipinski definition) is 2. The van der Waals surface area contributed by atoms with Crippen LogP contribution in [-0.2, 0) is 12.8 Å². The fraction of sp³-hybridized carbons (Fsp3) is 0.0909. The second-order valence-corrected chi connectivity index (χ2v) is 12.5. The lowest BCUT2D eigenvalue weighted by Gasteiger charge is -2.11. The van der Waals surface area contributed by atoms with Crippen LogP contribution in [0.25, 0.3) is 0 Å². The van der Waals surface area contributed by atoms with Crippen molar-refractivity contribution in [2.24, 2.45) is 20.0 Å². The van der Waals surface area contributed by atoms with Crippen molar-refractivity contribution in [2.45, 2.75) is 26.7 Å². The minimum Gasteiger partial charge on any atom is -0.507 e. The monoisotopic (exact) mass is 652 g/mol. The Bertz CT molecular complexity index is 2020. The molecular weight excluding hydrogens is 617 g/mol. The number of rotatable bonds is 0. The fourth-order valence-corrected chi connectivity index (χ4v) is 6.18. The van der Waals surface area contributed by atoms with Crippen LogP contribution in [-0.4, -0.2) is 35.1 Å². The van der Waals surface area contributed by atoms with Crippen LogP contribution in [0.3, 0.4) is 0 Å². The van der Waals surface area contributed by atoms with Crippen molar-refractivity contribution in [3.63, 3.8) is 0 Å². The zero-order valence-electron chi connectivity index (χ0n) is 28.0. The first-order valence-electron chi connectivity index (χ1n) is 16.6. The first-order chi connectivity index (χ1) is 24.4. The van der Waals surface area contributed by atoms with Crippen LogP contribution < -0.4 is 0 Å². The number of benzene rings is 6. The van der Waals surface area contributed by atoms with E-state index in [1.54, 1.807) is 24.9 Å². The number of nitrogens with zero attached hydrogens (tertiary/aromatic N) is 4. The first kappa shape index (κ1) is 32.2. The third kappa shape index (κ3) is 7.20. The van der Waals surface area contributed by atoms with Crippen LogP contribution >= 0.6 is 0 Å². The molecule has 2 N–H and O–H groups in total. The average molecular weight is 653 g/mol. The van der Waals surface area contributed by atoms with E-state index in [1.807, 2.05) is 111 Å². The Morgan fingerprint density at radius 1 is 0.380 bits per heavy atom. The fourth-order valence-electron chi connectivity index (χ4n) is 6.18. The van der Waals surface area contributed by atoms with Crippen LogP contribution in [0.15, 0.2) is 141 Å². The number of aliphatic imine (C=N–C) groups is 4. The Morgan fingerprint density at radius 3 is 0.880 bits per heavy atom. The van der Waals surface area contributed by atoms with Crippen LogP contribution in [0.2, 0.25) is 0 Å². The minimum atomic E-state index is 0.119. The third-order valence-electron chi connectivity index (χ3n) is 8.73. The van der Waals surface area contributed by atoms with Gasteiger partial charge in [0.25, 0.3) is 0 Å². The molecule has 1 aliphatic heterocycles. The van der Waals surface area contributed by atoms with Crippen LogP contribution in [0, 0.1) is 13.8 Å². The topological polar surface area (TPSA) is 89.9 Å². The number of para-hydroxylation sites is 4. The maximum Gasteiger partial charge on any atom is 0.133 e. The summed E-state index contributed by atoms with van der Waals surface area (Å²) in [6.07, 6.45) is 8.04. The molecule has 6 nitrogen and oxygen atoms in total. The second kappa shape index (κ2) is 14.4. The van der Waals surface area contributed by atoms with Crippen LogP contribution in [0.5, 0.6) is 11.5 Å². The van der Waals surface area contributed by atoms with Gasteiger partial charge >= 0.3 is 0 Å². The number of phenols is 2. The lowest BCUT2D eigenvalue weighted by molar-refractivity contribution is 0.473. The van der Waals surface area contributed by atoms with Gasteiger partial charge in [-0.3, -0.25) is 20.0 Å². The summed E-state index contributed by atoms with van der Waals surface area (Å²) in [5, 5.41) is 22.7. The van der Waals surface area contributed by atoms with E-state index in [2.05, 4.69) is 24.3 Å². The number of phenolic OH excluding ortho intramolecular Hbond substituents is 2. The molecule has 0 saturated heterocycles. The van der Waals surface area contributed by atoms with Gasteiger partial charge in [0.15, 0.2) is 0 Å². The normalized spacial score (nSPS) is 12.7. The highest BCUT2D eigenvalue weighted by Crippen LogP contribution is 2.32. The van der Waals surface area contributed by atoms with E-state index < -0.39 is 0 Å². The Labute approximate surface area is 292 Å². The molecule has 0 aromatic heterocycles. The van der Waals surface area contributed by atoms with Gasteiger partial charge in [0.2, 0.25) is 0 Å². The van der Waals surface area contributed by atoms with Gasteiger partial charge in [0.05, 0.1) is 22.7 Å². The van der Waals surface area contributed by atoms with Gasteiger partial charge in [-0.1, -0.05) is 72.8 Å². The van der Waals surface area contributed by atoms with Crippen LogP contribution in [0.4, 0.5) is 22.7 Å². The summed E-state index contributed by atoms with van der Waals surface area (Å²) in [4.78, 5) is 19.4. The molecule has 6 aromatic rings. The maximum atomic E-state index is 11.4. The molecule has 50 heavy (non-hydrogen) atoms. The Hall–Kier alpha value is -6.40. The first-order valence-corrected chi connectivity index (χ1v) is 16.6. The molecular formula is C44H36N4O2. The molecule has 0 fully saturated rings. The van der Waals surface area contributed by atoms with E-state index in [0.717, 1.165) is 56.1 Å². The van der Waals surface area contributed by atoms with E-state index in [9.17, 15) is 10.2 Å². The van der Waals surface area contributed by atoms with Crippen LogP contribution in [0.1, 0.15) is 55.6 Å². The zero-order valence-corrected chi connectivity index (χ0v) is 28.0. The van der Waals surface area contributed by atoms with Crippen molar-refractivity contribution >= 4 is 47.6 Å². The summed E-state index contributed by atoms with van der Waals surface area (Å²) in [5.41, 5.74) is 11.7. The molecule has 244 valence electrons. The van der Waals surface area contributed by atoms with E-state index in [-0.39, 0.29) is 11.5 Å². The van der Waals surface area contributed by atoms with Gasteiger partial charge < -0.3 is 10.2 Å². The second-order valence-electron chi connectivity index (χ2n) is 12.5. The highest BCUT2D eigenvalue weighted by atomic mass is 16.3. The van der Waals surface area contributed by atoms with Gasteiger partial charge in [-0.05, 0) is 95.8 Å². The predicted octanol–water partition coefficient (Wildman–Crippen LogP) is 10.2. The number of fused-ring (bicyclic) bond motifs is 8. The SMILES string of the molecule is Cc1cc2c(O)c(c1)C=Nc1ccccc1Cc1ccccc1N=Cc1cc(C)cc(c1O)C=Nc1ccccc1Cc1ccccc1N=C2.